The Hall–Kier alpha value is 0.370. The summed E-state index contributed by atoms with van der Waals surface area (Å²) in [6, 6.07) is 0. The summed E-state index contributed by atoms with van der Waals surface area (Å²) in [4.78, 5) is 34.0. The summed E-state index contributed by atoms with van der Waals surface area (Å²) >= 11 is 0. The third-order valence-corrected chi connectivity index (χ3v) is 4.85. The fourth-order valence-corrected chi connectivity index (χ4v) is 3.62. The molecule has 0 saturated heterocycles. The molecule has 0 aromatic rings. The Kier molecular flexibility index (Phi) is 6.65. The van der Waals surface area contributed by atoms with Gasteiger partial charge in [0.2, 0.25) is 0 Å². The van der Waals surface area contributed by atoms with Gasteiger partial charge in [-0.2, -0.15) is 8.62 Å². The third kappa shape index (κ3) is 10.0. The highest BCUT2D eigenvalue weighted by molar-refractivity contribution is 7.66. The molecule has 17 heavy (non-hydrogen) atoms. The van der Waals surface area contributed by atoms with Crippen LogP contribution in [0.2, 0.25) is 0 Å². The van der Waals surface area contributed by atoms with Crippen molar-refractivity contribution in [1.82, 2.24) is 0 Å². The number of hydrogen-bond acceptors (Lipinski definition) is 7. The van der Waals surface area contributed by atoms with E-state index in [1.807, 2.05) is 0 Å². The number of phosphoric ester groups is 1. The molecule has 0 aromatic carbocycles. The molecule has 2 atom stereocenters. The largest absolute Gasteiger partial charge is 0.490 e. The van der Waals surface area contributed by atoms with Crippen LogP contribution in [0.15, 0.2) is 0 Å². The molecule has 104 valence electrons. The zero-order valence-electron chi connectivity index (χ0n) is 8.28. The first-order valence-electron chi connectivity index (χ1n) is 3.96. The number of rotatable bonds is 8. The summed E-state index contributed by atoms with van der Waals surface area (Å²) in [6.45, 7) is -0.212. The van der Waals surface area contributed by atoms with Gasteiger partial charge in [0.1, 0.15) is 0 Å². The standard InChI is InChI=1S/C3H12NO10P3/c4-2-1-3-12-16(8,9)14-17(10,11)13-15(5,6)7/h1-4H2,(H,8,9)(H,10,11)(H2,5,6,7). The average molecular weight is 315 g/mol. The van der Waals surface area contributed by atoms with Crippen LogP contribution >= 0.6 is 23.5 Å². The van der Waals surface area contributed by atoms with Gasteiger partial charge in [0.05, 0.1) is 6.61 Å². The van der Waals surface area contributed by atoms with Crippen LogP contribution in [0, 0.1) is 0 Å². The Bertz CT molecular complexity index is 375. The van der Waals surface area contributed by atoms with Crippen LogP contribution in [0.1, 0.15) is 6.42 Å². The van der Waals surface area contributed by atoms with E-state index in [0.717, 1.165) is 0 Å². The molecule has 0 saturated carbocycles. The molecule has 0 heterocycles. The maximum absolute atomic E-state index is 11.0. The molecule has 2 unspecified atom stereocenters. The zero-order valence-corrected chi connectivity index (χ0v) is 11.0. The minimum absolute atomic E-state index is 0.135. The van der Waals surface area contributed by atoms with Crippen LogP contribution in [0.25, 0.3) is 0 Å². The lowest BCUT2D eigenvalue weighted by Crippen LogP contribution is -2.04. The maximum Gasteiger partial charge on any atom is 0.490 e. The van der Waals surface area contributed by atoms with Gasteiger partial charge in [0, 0.05) is 0 Å². The molecule has 0 radical (unpaired) electrons. The van der Waals surface area contributed by atoms with E-state index in [0.29, 0.717) is 0 Å². The van der Waals surface area contributed by atoms with Gasteiger partial charge in [-0.05, 0) is 13.0 Å². The summed E-state index contributed by atoms with van der Waals surface area (Å²) in [5.41, 5.74) is 5.04. The van der Waals surface area contributed by atoms with Crippen molar-refractivity contribution in [3.05, 3.63) is 0 Å². The predicted octanol–water partition coefficient (Wildman–Crippen LogP) is -0.322. The van der Waals surface area contributed by atoms with Crippen LogP contribution in [-0.2, 0) is 26.8 Å². The SMILES string of the molecule is NCCCOP(=O)(O)OP(=O)(O)OP(=O)(O)O. The zero-order chi connectivity index (χ0) is 13.7. The lowest BCUT2D eigenvalue weighted by molar-refractivity contribution is 0.171. The fraction of sp³-hybridized carbons (Fsp3) is 1.00. The van der Waals surface area contributed by atoms with Crippen molar-refractivity contribution in [3.8, 4) is 0 Å². The highest BCUT2D eigenvalue weighted by Crippen LogP contribution is 2.66. The quantitative estimate of drug-likeness (QED) is 0.292. The number of nitrogens with two attached hydrogens (primary N) is 1. The van der Waals surface area contributed by atoms with Crippen LogP contribution in [-0.4, -0.2) is 32.7 Å². The minimum atomic E-state index is -5.42. The first-order chi connectivity index (χ1) is 7.47. The normalized spacial score (nSPS) is 19.6. The Morgan fingerprint density at radius 3 is 1.88 bits per heavy atom. The number of phosphoric acid groups is 3. The van der Waals surface area contributed by atoms with E-state index in [1.54, 1.807) is 0 Å². The Morgan fingerprint density at radius 2 is 1.47 bits per heavy atom. The van der Waals surface area contributed by atoms with E-state index < -0.39 is 23.5 Å². The van der Waals surface area contributed by atoms with Gasteiger partial charge in [-0.15, -0.1) is 0 Å². The molecule has 0 spiro atoms. The molecular formula is C3H12NO10P3. The molecule has 6 N–H and O–H groups in total. The van der Waals surface area contributed by atoms with Crippen molar-refractivity contribution in [1.29, 1.82) is 0 Å². The third-order valence-electron chi connectivity index (χ3n) is 1.02. The number of hydrogen-bond donors (Lipinski definition) is 5. The van der Waals surface area contributed by atoms with Crippen molar-refractivity contribution >= 4 is 23.5 Å². The average Bonchev–Trinajstić information content (AvgIpc) is 1.96. The van der Waals surface area contributed by atoms with Crippen LogP contribution in [0.5, 0.6) is 0 Å². The van der Waals surface area contributed by atoms with Gasteiger partial charge in [-0.25, -0.2) is 13.7 Å². The minimum Gasteiger partial charge on any atom is -0.330 e. The Labute approximate surface area is 96.0 Å². The molecular weight excluding hydrogens is 303 g/mol. The molecule has 14 heteroatoms. The highest BCUT2D eigenvalue weighted by atomic mass is 31.3. The van der Waals surface area contributed by atoms with E-state index in [9.17, 15) is 13.7 Å². The Morgan fingerprint density at radius 1 is 0.941 bits per heavy atom. The van der Waals surface area contributed by atoms with E-state index in [2.05, 4.69) is 13.1 Å². The van der Waals surface area contributed by atoms with Gasteiger partial charge in [0.15, 0.2) is 0 Å². The summed E-state index contributed by atoms with van der Waals surface area (Å²) in [7, 11) is -15.7. The highest BCUT2D eigenvalue weighted by Gasteiger charge is 2.40. The second-order valence-electron chi connectivity index (χ2n) is 2.57. The molecule has 0 fully saturated rings. The van der Waals surface area contributed by atoms with Gasteiger partial charge in [-0.3, -0.25) is 4.52 Å². The summed E-state index contributed by atoms with van der Waals surface area (Å²) in [5.74, 6) is 0. The first kappa shape index (κ1) is 17.4. The second-order valence-corrected chi connectivity index (χ2v) is 6.99. The fourth-order valence-electron chi connectivity index (χ4n) is 0.567. The lowest BCUT2D eigenvalue weighted by Gasteiger charge is -2.15. The van der Waals surface area contributed by atoms with E-state index in [4.69, 9.17) is 25.3 Å². The topological polar surface area (TPSA) is 186 Å². The molecule has 0 aliphatic rings. The second kappa shape index (κ2) is 6.51. The van der Waals surface area contributed by atoms with Crippen molar-refractivity contribution in [2.24, 2.45) is 5.73 Å². The van der Waals surface area contributed by atoms with E-state index in [-0.39, 0.29) is 19.6 Å². The summed E-state index contributed by atoms with van der Waals surface area (Å²) in [5, 5.41) is 0. The van der Waals surface area contributed by atoms with Crippen molar-refractivity contribution in [2.75, 3.05) is 13.2 Å². The van der Waals surface area contributed by atoms with Gasteiger partial charge in [-0.1, -0.05) is 0 Å². The smallest absolute Gasteiger partial charge is 0.330 e. The Balaban J connectivity index is 4.44. The predicted molar refractivity (Wildman–Crippen MR) is 53.5 cm³/mol. The maximum atomic E-state index is 11.0. The van der Waals surface area contributed by atoms with Crippen LogP contribution in [0.4, 0.5) is 0 Å². The van der Waals surface area contributed by atoms with Crippen LogP contribution < -0.4 is 5.73 Å². The molecule has 0 amide bonds. The molecule has 0 aliphatic carbocycles. The van der Waals surface area contributed by atoms with Gasteiger partial charge < -0.3 is 25.3 Å². The summed E-state index contributed by atoms with van der Waals surface area (Å²) in [6.07, 6.45) is 0.170. The van der Waals surface area contributed by atoms with E-state index in [1.165, 1.54) is 0 Å². The van der Waals surface area contributed by atoms with Gasteiger partial charge >= 0.3 is 23.5 Å². The molecule has 11 nitrogen and oxygen atoms in total. The van der Waals surface area contributed by atoms with E-state index >= 15 is 0 Å². The van der Waals surface area contributed by atoms with Gasteiger partial charge in [0.25, 0.3) is 0 Å². The molecule has 0 aliphatic heterocycles. The molecule has 0 bridgehead atoms. The molecule has 0 aromatic heterocycles. The van der Waals surface area contributed by atoms with Crippen LogP contribution in [0.3, 0.4) is 0 Å². The first-order valence-corrected chi connectivity index (χ1v) is 8.48. The lowest BCUT2D eigenvalue weighted by atomic mass is 10.5. The van der Waals surface area contributed by atoms with Crippen molar-refractivity contribution in [3.63, 3.8) is 0 Å². The van der Waals surface area contributed by atoms with Crippen molar-refractivity contribution < 1.29 is 46.4 Å². The monoisotopic (exact) mass is 315 g/mol. The van der Waals surface area contributed by atoms with Crippen molar-refractivity contribution in [2.45, 2.75) is 6.42 Å². The summed E-state index contributed by atoms with van der Waals surface area (Å²) < 4.78 is 43.1. The molecule has 0 rings (SSSR count).